The Balaban J connectivity index is 1.45. The molecule has 126 valence electrons. The highest BCUT2D eigenvalue weighted by Gasteiger charge is 2.17. The average Bonchev–Trinajstić information content (AvgIpc) is 3.12. The third-order valence-corrected chi connectivity index (χ3v) is 4.10. The van der Waals surface area contributed by atoms with Crippen LogP contribution >= 0.6 is 0 Å². The Morgan fingerprint density at radius 3 is 2.96 bits per heavy atom. The molecule has 1 aromatic rings. The van der Waals surface area contributed by atoms with E-state index in [1.165, 1.54) is 0 Å². The fourth-order valence-electron chi connectivity index (χ4n) is 2.76. The van der Waals surface area contributed by atoms with Crippen molar-refractivity contribution < 1.29 is 19.0 Å². The molecule has 6 heteroatoms. The molecule has 0 aromatic heterocycles. The van der Waals surface area contributed by atoms with Crippen molar-refractivity contribution >= 4 is 11.6 Å². The second-order valence-electron chi connectivity index (χ2n) is 5.82. The molecule has 2 heterocycles. The highest BCUT2D eigenvalue weighted by Crippen LogP contribution is 2.19. The van der Waals surface area contributed by atoms with Gasteiger partial charge in [-0.3, -0.25) is 4.79 Å². The van der Waals surface area contributed by atoms with Crippen LogP contribution in [0.3, 0.4) is 0 Å². The summed E-state index contributed by atoms with van der Waals surface area (Å²) in [5.74, 6) is 0.892. The summed E-state index contributed by atoms with van der Waals surface area (Å²) in [5, 5.41) is 3.17. The standard InChI is InChI=1S/C17H24N2O4/c20-17(19-6-9-21-10-7-19)12-18-14-3-1-4-15(11-14)23-13-16-5-2-8-22-16/h1,3-4,11,16,18H,2,5-10,12-13H2. The molecule has 2 aliphatic heterocycles. The molecule has 2 saturated heterocycles. The van der Waals surface area contributed by atoms with Crippen molar-refractivity contribution in [3.8, 4) is 5.75 Å². The molecule has 0 saturated carbocycles. The number of morpholine rings is 1. The fraction of sp³-hybridized carbons (Fsp3) is 0.588. The number of hydrogen-bond acceptors (Lipinski definition) is 5. The summed E-state index contributed by atoms with van der Waals surface area (Å²) in [6, 6.07) is 7.70. The molecule has 3 rings (SSSR count). The summed E-state index contributed by atoms with van der Waals surface area (Å²) < 4.78 is 16.6. The van der Waals surface area contributed by atoms with E-state index in [4.69, 9.17) is 14.2 Å². The van der Waals surface area contributed by atoms with E-state index in [0.717, 1.165) is 30.9 Å². The molecule has 0 aliphatic carbocycles. The summed E-state index contributed by atoms with van der Waals surface area (Å²) in [6.45, 7) is 4.29. The van der Waals surface area contributed by atoms with E-state index < -0.39 is 0 Å². The van der Waals surface area contributed by atoms with Gasteiger partial charge in [0.25, 0.3) is 0 Å². The van der Waals surface area contributed by atoms with Crippen LogP contribution in [0.2, 0.25) is 0 Å². The second-order valence-corrected chi connectivity index (χ2v) is 5.82. The molecule has 2 fully saturated rings. The fourth-order valence-corrected chi connectivity index (χ4v) is 2.76. The number of anilines is 1. The number of nitrogens with zero attached hydrogens (tertiary/aromatic N) is 1. The lowest BCUT2D eigenvalue weighted by atomic mass is 10.2. The van der Waals surface area contributed by atoms with Gasteiger partial charge in [0.15, 0.2) is 0 Å². The zero-order valence-electron chi connectivity index (χ0n) is 13.3. The van der Waals surface area contributed by atoms with E-state index in [-0.39, 0.29) is 18.6 Å². The molecule has 0 radical (unpaired) electrons. The smallest absolute Gasteiger partial charge is 0.242 e. The molecule has 6 nitrogen and oxygen atoms in total. The molecule has 1 amide bonds. The lowest BCUT2D eigenvalue weighted by molar-refractivity contribution is -0.133. The van der Waals surface area contributed by atoms with Crippen LogP contribution in [-0.2, 0) is 14.3 Å². The normalized spacial score (nSPS) is 21.2. The first kappa shape index (κ1) is 16.1. The van der Waals surface area contributed by atoms with Crippen molar-refractivity contribution in [2.24, 2.45) is 0 Å². The van der Waals surface area contributed by atoms with Crippen LogP contribution in [0.15, 0.2) is 24.3 Å². The first-order valence-electron chi connectivity index (χ1n) is 8.25. The van der Waals surface area contributed by atoms with Crippen molar-refractivity contribution in [2.75, 3.05) is 51.4 Å². The Morgan fingerprint density at radius 1 is 1.30 bits per heavy atom. The number of nitrogens with one attached hydrogen (secondary N) is 1. The van der Waals surface area contributed by atoms with Gasteiger partial charge in [0.05, 0.1) is 25.9 Å². The van der Waals surface area contributed by atoms with Crippen LogP contribution in [0.5, 0.6) is 5.75 Å². The van der Waals surface area contributed by atoms with E-state index in [9.17, 15) is 4.79 Å². The lowest BCUT2D eigenvalue weighted by Crippen LogP contribution is -2.43. The Hall–Kier alpha value is -1.79. The van der Waals surface area contributed by atoms with Crippen molar-refractivity contribution in [2.45, 2.75) is 18.9 Å². The highest BCUT2D eigenvalue weighted by atomic mass is 16.5. The van der Waals surface area contributed by atoms with E-state index in [1.807, 2.05) is 29.2 Å². The predicted molar refractivity (Wildman–Crippen MR) is 86.8 cm³/mol. The topological polar surface area (TPSA) is 60.0 Å². The molecule has 0 spiro atoms. The summed E-state index contributed by atoms with van der Waals surface area (Å²) in [5.41, 5.74) is 0.886. The monoisotopic (exact) mass is 320 g/mol. The minimum Gasteiger partial charge on any atom is -0.491 e. The first-order valence-corrected chi connectivity index (χ1v) is 8.25. The van der Waals surface area contributed by atoms with Crippen LogP contribution in [0.4, 0.5) is 5.69 Å². The predicted octanol–water partition coefficient (Wildman–Crippen LogP) is 1.52. The number of ether oxygens (including phenoxy) is 3. The summed E-state index contributed by atoms with van der Waals surface area (Å²) in [4.78, 5) is 13.9. The highest BCUT2D eigenvalue weighted by molar-refractivity contribution is 5.81. The zero-order chi connectivity index (χ0) is 15.9. The Morgan fingerprint density at radius 2 is 2.17 bits per heavy atom. The van der Waals surface area contributed by atoms with Gasteiger partial charge in [-0.15, -0.1) is 0 Å². The van der Waals surface area contributed by atoms with Crippen LogP contribution in [-0.4, -0.2) is 63.0 Å². The first-order chi connectivity index (χ1) is 11.3. The second kappa shape index (κ2) is 8.17. The number of carbonyl (C=O) groups is 1. The minimum atomic E-state index is 0.0963. The van der Waals surface area contributed by atoms with Gasteiger partial charge < -0.3 is 24.4 Å². The quantitative estimate of drug-likeness (QED) is 0.861. The average molecular weight is 320 g/mol. The summed E-state index contributed by atoms with van der Waals surface area (Å²) in [6.07, 6.45) is 2.38. The van der Waals surface area contributed by atoms with Gasteiger partial charge in [-0.1, -0.05) is 6.07 Å². The number of amides is 1. The third kappa shape index (κ3) is 4.84. The molecule has 1 N–H and O–H groups in total. The van der Waals surface area contributed by atoms with E-state index in [1.54, 1.807) is 0 Å². The minimum absolute atomic E-state index is 0.0963. The Bertz CT molecular complexity index is 511. The molecule has 1 aromatic carbocycles. The van der Waals surface area contributed by atoms with E-state index in [0.29, 0.717) is 32.9 Å². The van der Waals surface area contributed by atoms with Gasteiger partial charge in [-0.05, 0) is 25.0 Å². The largest absolute Gasteiger partial charge is 0.491 e. The van der Waals surface area contributed by atoms with Crippen LogP contribution in [0.1, 0.15) is 12.8 Å². The maximum atomic E-state index is 12.1. The van der Waals surface area contributed by atoms with Crippen LogP contribution in [0.25, 0.3) is 0 Å². The molecule has 1 atom stereocenters. The zero-order valence-corrected chi connectivity index (χ0v) is 13.3. The van der Waals surface area contributed by atoms with Crippen molar-refractivity contribution in [1.82, 2.24) is 4.90 Å². The molecule has 1 unspecified atom stereocenters. The Kier molecular flexibility index (Phi) is 5.71. The van der Waals surface area contributed by atoms with Crippen molar-refractivity contribution in [3.05, 3.63) is 24.3 Å². The van der Waals surface area contributed by atoms with Gasteiger partial charge >= 0.3 is 0 Å². The summed E-state index contributed by atoms with van der Waals surface area (Å²) >= 11 is 0. The number of benzene rings is 1. The SMILES string of the molecule is O=C(CNc1cccc(OCC2CCCO2)c1)N1CCOCC1. The van der Waals surface area contributed by atoms with Crippen LogP contribution < -0.4 is 10.1 Å². The third-order valence-electron chi connectivity index (χ3n) is 4.10. The van der Waals surface area contributed by atoms with Crippen molar-refractivity contribution in [1.29, 1.82) is 0 Å². The maximum Gasteiger partial charge on any atom is 0.242 e. The van der Waals surface area contributed by atoms with Gasteiger partial charge in [-0.25, -0.2) is 0 Å². The number of rotatable bonds is 6. The van der Waals surface area contributed by atoms with E-state index in [2.05, 4.69) is 5.32 Å². The molecule has 2 aliphatic rings. The molecular formula is C17H24N2O4. The van der Waals surface area contributed by atoms with E-state index >= 15 is 0 Å². The molecular weight excluding hydrogens is 296 g/mol. The van der Waals surface area contributed by atoms with Gasteiger partial charge in [0, 0.05) is 31.5 Å². The lowest BCUT2D eigenvalue weighted by Gasteiger charge is -2.27. The van der Waals surface area contributed by atoms with Gasteiger partial charge in [-0.2, -0.15) is 0 Å². The molecule has 0 bridgehead atoms. The maximum absolute atomic E-state index is 12.1. The number of hydrogen-bond donors (Lipinski definition) is 1. The van der Waals surface area contributed by atoms with Crippen LogP contribution in [0, 0.1) is 0 Å². The number of carbonyl (C=O) groups excluding carboxylic acids is 1. The summed E-state index contributed by atoms with van der Waals surface area (Å²) in [7, 11) is 0. The van der Waals surface area contributed by atoms with Gasteiger partial charge in [0.2, 0.25) is 5.91 Å². The van der Waals surface area contributed by atoms with Crippen molar-refractivity contribution in [3.63, 3.8) is 0 Å². The molecule has 23 heavy (non-hydrogen) atoms. The Labute approximate surface area is 136 Å². The van der Waals surface area contributed by atoms with Gasteiger partial charge in [0.1, 0.15) is 12.4 Å².